The lowest BCUT2D eigenvalue weighted by Gasteiger charge is -2.09. The molecule has 0 radical (unpaired) electrons. The first-order valence-electron chi connectivity index (χ1n) is 6.13. The van der Waals surface area contributed by atoms with Crippen LogP contribution < -0.4 is 5.32 Å². The highest BCUT2D eigenvalue weighted by molar-refractivity contribution is 7.20. The molecule has 1 saturated carbocycles. The Bertz CT molecular complexity index is 455. The maximum atomic E-state index is 4.68. The van der Waals surface area contributed by atoms with Crippen molar-refractivity contribution in [2.45, 2.75) is 38.3 Å². The third-order valence-corrected chi connectivity index (χ3v) is 5.14. The summed E-state index contributed by atoms with van der Waals surface area (Å²) in [4.78, 5) is 5.96. The van der Waals surface area contributed by atoms with Gasteiger partial charge in [-0.15, -0.1) is 22.7 Å². The van der Waals surface area contributed by atoms with Gasteiger partial charge < -0.3 is 5.32 Å². The molecule has 0 atom stereocenters. The summed E-state index contributed by atoms with van der Waals surface area (Å²) in [5.41, 5.74) is 1.19. The van der Waals surface area contributed by atoms with Crippen LogP contribution in [-0.4, -0.2) is 11.0 Å². The Morgan fingerprint density at radius 2 is 2.18 bits per heavy atom. The molecule has 0 amide bonds. The molecule has 90 valence electrons. The molecule has 2 aromatic heterocycles. The number of thiophene rings is 1. The Morgan fingerprint density at radius 1 is 1.29 bits per heavy atom. The summed E-state index contributed by atoms with van der Waals surface area (Å²) in [6.07, 6.45) is 5.44. The third-order valence-electron chi connectivity index (χ3n) is 3.21. The van der Waals surface area contributed by atoms with Crippen LogP contribution in [0.5, 0.6) is 0 Å². The highest BCUT2D eigenvalue weighted by Gasteiger charge is 2.14. The van der Waals surface area contributed by atoms with Gasteiger partial charge in [-0.3, -0.25) is 0 Å². The molecule has 3 rings (SSSR count). The van der Waals surface area contributed by atoms with Crippen LogP contribution in [0.1, 0.15) is 31.4 Å². The van der Waals surface area contributed by atoms with E-state index >= 15 is 0 Å². The van der Waals surface area contributed by atoms with Crippen LogP contribution in [0.2, 0.25) is 0 Å². The summed E-state index contributed by atoms with van der Waals surface area (Å²) < 4.78 is 0. The number of hydrogen-bond acceptors (Lipinski definition) is 4. The van der Waals surface area contributed by atoms with E-state index in [9.17, 15) is 0 Å². The molecule has 1 fully saturated rings. The fraction of sp³-hybridized carbons (Fsp3) is 0.462. The van der Waals surface area contributed by atoms with Crippen LogP contribution in [0.15, 0.2) is 22.9 Å². The zero-order valence-electron chi connectivity index (χ0n) is 9.69. The van der Waals surface area contributed by atoms with Crippen molar-refractivity contribution < 1.29 is 0 Å². The number of thiazole rings is 1. The van der Waals surface area contributed by atoms with Crippen molar-refractivity contribution in [2.75, 3.05) is 0 Å². The molecule has 2 aromatic rings. The molecule has 0 unspecified atom stereocenters. The average molecular weight is 264 g/mol. The summed E-state index contributed by atoms with van der Waals surface area (Å²) in [6.45, 7) is 0.923. The number of aromatic nitrogens is 1. The van der Waals surface area contributed by atoms with E-state index in [-0.39, 0.29) is 0 Å². The third kappa shape index (κ3) is 2.76. The Kier molecular flexibility index (Phi) is 3.54. The van der Waals surface area contributed by atoms with E-state index in [0.717, 1.165) is 17.6 Å². The topological polar surface area (TPSA) is 24.9 Å². The quantitative estimate of drug-likeness (QED) is 0.906. The lowest BCUT2D eigenvalue weighted by atomic mass is 10.2. The van der Waals surface area contributed by atoms with Crippen molar-refractivity contribution in [3.63, 3.8) is 0 Å². The first kappa shape index (κ1) is 11.4. The first-order valence-corrected chi connectivity index (χ1v) is 7.89. The van der Waals surface area contributed by atoms with Crippen molar-refractivity contribution in [1.29, 1.82) is 0 Å². The second-order valence-corrected chi connectivity index (χ2v) is 6.29. The number of hydrogen-bond donors (Lipinski definition) is 1. The lowest BCUT2D eigenvalue weighted by Crippen LogP contribution is -2.25. The number of nitrogens with zero attached hydrogens (tertiary/aromatic N) is 1. The fourth-order valence-corrected chi connectivity index (χ4v) is 3.91. The molecule has 4 heteroatoms. The predicted octanol–water partition coefficient (Wildman–Crippen LogP) is 3.90. The highest BCUT2D eigenvalue weighted by atomic mass is 32.1. The zero-order chi connectivity index (χ0) is 11.5. The van der Waals surface area contributed by atoms with Crippen LogP contribution in [-0.2, 0) is 6.54 Å². The number of rotatable bonds is 4. The molecule has 2 nitrogen and oxygen atoms in total. The Labute approximate surface area is 110 Å². The smallest absolute Gasteiger partial charge is 0.133 e. The molecule has 0 saturated heterocycles. The largest absolute Gasteiger partial charge is 0.308 e. The molecule has 0 spiro atoms. The molecule has 0 aromatic carbocycles. The Hall–Kier alpha value is -0.710. The maximum Gasteiger partial charge on any atom is 0.133 e. The van der Waals surface area contributed by atoms with E-state index in [0.29, 0.717) is 0 Å². The second-order valence-electron chi connectivity index (χ2n) is 4.48. The summed E-state index contributed by atoms with van der Waals surface area (Å²) in [7, 11) is 0. The zero-order valence-corrected chi connectivity index (χ0v) is 11.3. The normalized spacial score (nSPS) is 16.7. The minimum absolute atomic E-state index is 0.724. The van der Waals surface area contributed by atoms with Gasteiger partial charge >= 0.3 is 0 Å². The van der Waals surface area contributed by atoms with Crippen LogP contribution >= 0.6 is 22.7 Å². The minimum atomic E-state index is 0.724. The van der Waals surface area contributed by atoms with Crippen LogP contribution in [0, 0.1) is 0 Å². The van der Waals surface area contributed by atoms with Gasteiger partial charge in [-0.05, 0) is 24.3 Å². The van der Waals surface area contributed by atoms with Gasteiger partial charge in [0.15, 0.2) is 0 Å². The van der Waals surface area contributed by atoms with Gasteiger partial charge in [0.05, 0.1) is 10.6 Å². The van der Waals surface area contributed by atoms with Gasteiger partial charge in [0.1, 0.15) is 5.01 Å². The molecular weight excluding hydrogens is 248 g/mol. The highest BCUT2D eigenvalue weighted by Crippen LogP contribution is 2.28. The van der Waals surface area contributed by atoms with E-state index in [1.807, 2.05) is 0 Å². The second kappa shape index (κ2) is 5.29. The predicted molar refractivity (Wildman–Crippen MR) is 74.5 cm³/mol. The van der Waals surface area contributed by atoms with Crippen molar-refractivity contribution in [3.05, 3.63) is 28.6 Å². The molecule has 0 aliphatic heterocycles. The SMILES string of the molecule is c1csc(-c2nc(CNC3CCCC3)cs2)c1. The van der Waals surface area contributed by atoms with Crippen LogP contribution in [0.4, 0.5) is 0 Å². The van der Waals surface area contributed by atoms with Crippen LogP contribution in [0.3, 0.4) is 0 Å². The fourth-order valence-electron chi connectivity index (χ4n) is 2.28. The molecular formula is C13H16N2S2. The molecule has 1 aliphatic rings. The monoisotopic (exact) mass is 264 g/mol. The Balaban J connectivity index is 1.60. The molecule has 17 heavy (non-hydrogen) atoms. The standard InChI is InChI=1S/C13H16N2S2/c1-2-5-10(4-1)14-8-11-9-17-13(15-11)12-6-3-7-16-12/h3,6-7,9-10,14H,1-2,4-5,8H2. The molecule has 0 bridgehead atoms. The minimum Gasteiger partial charge on any atom is -0.308 e. The summed E-state index contributed by atoms with van der Waals surface area (Å²) in [6, 6.07) is 4.94. The van der Waals surface area contributed by atoms with Gasteiger partial charge in [-0.25, -0.2) is 4.98 Å². The maximum absolute atomic E-state index is 4.68. The van der Waals surface area contributed by atoms with E-state index in [1.54, 1.807) is 22.7 Å². The van der Waals surface area contributed by atoms with Gasteiger partial charge in [0, 0.05) is 18.0 Å². The summed E-state index contributed by atoms with van der Waals surface area (Å²) in [5.74, 6) is 0. The van der Waals surface area contributed by atoms with Gasteiger partial charge in [-0.2, -0.15) is 0 Å². The molecule has 2 heterocycles. The van der Waals surface area contributed by atoms with Crippen molar-refractivity contribution in [1.82, 2.24) is 10.3 Å². The van der Waals surface area contributed by atoms with Crippen molar-refractivity contribution >= 4 is 22.7 Å². The van der Waals surface area contributed by atoms with Gasteiger partial charge in [0.2, 0.25) is 0 Å². The molecule has 1 N–H and O–H groups in total. The molecule has 1 aliphatic carbocycles. The first-order chi connectivity index (χ1) is 8.42. The van der Waals surface area contributed by atoms with Crippen molar-refractivity contribution in [3.8, 4) is 9.88 Å². The summed E-state index contributed by atoms with van der Waals surface area (Å²) >= 11 is 3.51. The van der Waals surface area contributed by atoms with E-state index < -0.39 is 0 Å². The summed E-state index contributed by atoms with van der Waals surface area (Å²) in [5, 5.41) is 9.04. The Morgan fingerprint density at radius 3 is 2.94 bits per heavy atom. The van der Waals surface area contributed by atoms with E-state index in [2.05, 4.69) is 33.2 Å². The van der Waals surface area contributed by atoms with Gasteiger partial charge in [-0.1, -0.05) is 18.9 Å². The van der Waals surface area contributed by atoms with E-state index in [4.69, 9.17) is 0 Å². The number of nitrogens with one attached hydrogen (secondary N) is 1. The average Bonchev–Trinajstić information content (AvgIpc) is 3.09. The van der Waals surface area contributed by atoms with Crippen molar-refractivity contribution in [2.24, 2.45) is 0 Å². The van der Waals surface area contributed by atoms with Crippen LogP contribution in [0.25, 0.3) is 9.88 Å². The lowest BCUT2D eigenvalue weighted by molar-refractivity contribution is 0.520. The van der Waals surface area contributed by atoms with Gasteiger partial charge in [0.25, 0.3) is 0 Å². The van der Waals surface area contributed by atoms with E-state index in [1.165, 1.54) is 36.3 Å².